The molecular weight excluding hydrogens is 350 g/mol. The van der Waals surface area contributed by atoms with Crippen molar-refractivity contribution < 1.29 is 24.5 Å². The monoisotopic (exact) mass is 385 g/mol. The maximum atomic E-state index is 11.1. The summed E-state index contributed by atoms with van der Waals surface area (Å²) in [5.41, 5.74) is -1.01. The minimum atomic E-state index is -1.64. The summed E-state index contributed by atoms with van der Waals surface area (Å²) >= 11 is 0. The lowest BCUT2D eigenvalue weighted by atomic mass is 10.0. The molecule has 0 rings (SSSR count). The molecule has 7 heteroatoms. The van der Waals surface area contributed by atoms with Gasteiger partial charge in [-0.2, -0.15) is 0 Å². The van der Waals surface area contributed by atoms with Crippen LogP contribution in [0, 0.1) is 4.91 Å². The molecule has 0 fully saturated rings. The first kappa shape index (κ1) is 25.1. The molecule has 0 heterocycles. The van der Waals surface area contributed by atoms with Crippen LogP contribution in [-0.4, -0.2) is 28.3 Å². The summed E-state index contributed by atoms with van der Waals surface area (Å²) in [5, 5.41) is 21.1. The first-order valence-corrected chi connectivity index (χ1v) is 10.1. The van der Waals surface area contributed by atoms with Crippen molar-refractivity contribution in [3.8, 4) is 0 Å². The fourth-order valence-electron chi connectivity index (χ4n) is 2.97. The third kappa shape index (κ3) is 13.0. The van der Waals surface area contributed by atoms with Crippen LogP contribution in [0.2, 0.25) is 0 Å². The van der Waals surface area contributed by atoms with E-state index in [0.717, 1.165) is 26.2 Å². The normalized spacial score (nSPS) is 13.0. The van der Waals surface area contributed by atoms with Gasteiger partial charge in [-0.15, -0.1) is 4.91 Å². The Balaban J connectivity index is 4.03. The molecule has 0 saturated carbocycles. The lowest BCUT2D eigenvalue weighted by Crippen LogP contribution is -2.22. The van der Waals surface area contributed by atoms with Crippen molar-refractivity contribution >= 4 is 11.9 Å². The van der Waals surface area contributed by atoms with Crippen LogP contribution < -0.4 is 0 Å². The molecule has 0 aliphatic heterocycles. The third-order valence-corrected chi connectivity index (χ3v) is 4.47. The molecule has 0 saturated heterocycles. The highest BCUT2D eigenvalue weighted by molar-refractivity contribution is 5.86. The number of carboxylic acids is 1. The van der Waals surface area contributed by atoms with Gasteiger partial charge < -0.3 is 14.9 Å². The predicted octanol–water partition coefficient (Wildman–Crippen LogP) is 5.63. The number of aliphatic carboxylic acids is 1. The second-order valence-corrected chi connectivity index (χ2v) is 6.91. The predicted molar refractivity (Wildman–Crippen MR) is 104 cm³/mol. The van der Waals surface area contributed by atoms with Crippen LogP contribution in [0.25, 0.3) is 0 Å². The average molecular weight is 386 g/mol. The number of esters is 1. The van der Waals surface area contributed by atoms with Gasteiger partial charge in [0.15, 0.2) is 11.9 Å². The van der Waals surface area contributed by atoms with Crippen LogP contribution in [0.15, 0.2) is 16.6 Å². The van der Waals surface area contributed by atoms with Crippen molar-refractivity contribution in [2.45, 2.75) is 103 Å². The average Bonchev–Trinajstić information content (AvgIpc) is 2.61. The lowest BCUT2D eigenvalue weighted by molar-refractivity contribution is -0.146. The van der Waals surface area contributed by atoms with Gasteiger partial charge in [0.2, 0.25) is 5.70 Å². The molecule has 0 aromatic heterocycles. The number of rotatable bonds is 17. The third-order valence-electron chi connectivity index (χ3n) is 4.47. The van der Waals surface area contributed by atoms with Crippen LogP contribution >= 0.6 is 0 Å². The van der Waals surface area contributed by atoms with Crippen molar-refractivity contribution in [3.63, 3.8) is 0 Å². The standard InChI is InChI=1S/C20H35NO6/c1-3-4-5-6-7-8-9-10-11-12-13-14-15-17(27-16(2)22)19(23)18(21-26)20(24)25/h17,23H,3-15H2,1-2H3,(H,24,25). The molecule has 156 valence electrons. The molecule has 7 nitrogen and oxygen atoms in total. The molecule has 2 N–H and O–H groups in total. The van der Waals surface area contributed by atoms with E-state index in [9.17, 15) is 19.6 Å². The highest BCUT2D eigenvalue weighted by Crippen LogP contribution is 2.19. The Morgan fingerprint density at radius 1 is 0.852 bits per heavy atom. The second-order valence-electron chi connectivity index (χ2n) is 6.91. The summed E-state index contributed by atoms with van der Waals surface area (Å²) in [6.07, 6.45) is 13.1. The molecule has 0 aliphatic rings. The highest BCUT2D eigenvalue weighted by Gasteiger charge is 2.25. The number of carbonyl (C=O) groups excluding carboxylic acids is 1. The Bertz CT molecular complexity index is 475. The van der Waals surface area contributed by atoms with Crippen molar-refractivity contribution in [2.24, 2.45) is 5.18 Å². The minimum Gasteiger partial charge on any atom is -0.506 e. The first-order chi connectivity index (χ1) is 12.9. The number of nitroso groups, excluding NO2 is 1. The molecule has 0 aromatic rings. The minimum absolute atomic E-state index is 0.259. The Morgan fingerprint density at radius 2 is 1.30 bits per heavy atom. The van der Waals surface area contributed by atoms with E-state index in [1.54, 1.807) is 0 Å². The van der Waals surface area contributed by atoms with Gasteiger partial charge in [0.25, 0.3) is 0 Å². The number of hydrogen-bond acceptors (Lipinski definition) is 6. The Kier molecular flexibility index (Phi) is 15.1. The number of carbonyl (C=O) groups is 2. The first-order valence-electron chi connectivity index (χ1n) is 10.1. The fourth-order valence-corrected chi connectivity index (χ4v) is 2.97. The number of unbranched alkanes of at least 4 members (excludes halogenated alkanes) is 11. The molecule has 1 atom stereocenters. The van der Waals surface area contributed by atoms with E-state index in [1.807, 2.05) is 0 Å². The maximum absolute atomic E-state index is 11.1. The van der Waals surface area contributed by atoms with Gasteiger partial charge in [-0.25, -0.2) is 4.79 Å². The molecule has 0 spiro atoms. The zero-order valence-corrected chi connectivity index (χ0v) is 16.7. The molecule has 0 radical (unpaired) electrons. The van der Waals surface area contributed by atoms with E-state index in [1.165, 1.54) is 51.4 Å². The van der Waals surface area contributed by atoms with E-state index < -0.39 is 29.5 Å². The quantitative estimate of drug-likeness (QED) is 0.110. The van der Waals surface area contributed by atoms with Gasteiger partial charge in [-0.1, -0.05) is 77.6 Å². The largest absolute Gasteiger partial charge is 0.506 e. The number of carboxylic acid groups (broad SMARTS) is 1. The molecule has 0 aromatic carbocycles. The smallest absolute Gasteiger partial charge is 0.361 e. The number of hydrogen-bond donors (Lipinski definition) is 2. The van der Waals surface area contributed by atoms with Crippen LogP contribution in [0.1, 0.15) is 97.3 Å². The Labute approximate surface area is 162 Å². The van der Waals surface area contributed by atoms with E-state index in [4.69, 9.17) is 9.84 Å². The number of nitrogens with zero attached hydrogens (tertiary/aromatic N) is 1. The van der Waals surface area contributed by atoms with E-state index in [-0.39, 0.29) is 6.42 Å². The summed E-state index contributed by atoms with van der Waals surface area (Å²) in [7, 11) is 0. The van der Waals surface area contributed by atoms with Crippen LogP contribution in [0.5, 0.6) is 0 Å². The van der Waals surface area contributed by atoms with Crippen LogP contribution in [-0.2, 0) is 14.3 Å². The maximum Gasteiger partial charge on any atom is 0.361 e. The van der Waals surface area contributed by atoms with Crippen LogP contribution in [0.4, 0.5) is 0 Å². The van der Waals surface area contributed by atoms with Crippen molar-refractivity contribution in [3.05, 3.63) is 16.4 Å². The molecular formula is C20H35NO6. The topological polar surface area (TPSA) is 113 Å². The summed E-state index contributed by atoms with van der Waals surface area (Å²) in [5.74, 6) is -3.09. The zero-order valence-electron chi connectivity index (χ0n) is 16.7. The summed E-state index contributed by atoms with van der Waals surface area (Å²) < 4.78 is 4.94. The van der Waals surface area contributed by atoms with Gasteiger partial charge in [-0.3, -0.25) is 4.79 Å². The van der Waals surface area contributed by atoms with Crippen LogP contribution in [0.3, 0.4) is 0 Å². The Hall–Kier alpha value is -1.92. The number of ether oxygens (including phenoxy) is 1. The van der Waals surface area contributed by atoms with Gasteiger partial charge in [0, 0.05) is 6.92 Å². The molecule has 1 unspecified atom stereocenters. The van der Waals surface area contributed by atoms with Gasteiger partial charge >= 0.3 is 11.9 Å². The second kappa shape index (κ2) is 16.3. The Morgan fingerprint density at radius 3 is 1.67 bits per heavy atom. The van der Waals surface area contributed by atoms with Crippen molar-refractivity contribution in [1.82, 2.24) is 0 Å². The van der Waals surface area contributed by atoms with Gasteiger partial charge in [0.05, 0.1) is 0 Å². The molecule has 27 heavy (non-hydrogen) atoms. The fraction of sp³-hybridized carbons (Fsp3) is 0.800. The molecule has 0 amide bonds. The summed E-state index contributed by atoms with van der Waals surface area (Å²) in [6, 6.07) is 0. The SMILES string of the molecule is CCCCCCCCCCCCCCC(OC(C)=O)C(O)=C(N=O)C(=O)O. The number of aliphatic hydroxyl groups excluding tert-OH is 1. The van der Waals surface area contributed by atoms with E-state index in [2.05, 4.69) is 12.1 Å². The highest BCUT2D eigenvalue weighted by atomic mass is 16.6. The van der Waals surface area contributed by atoms with Crippen molar-refractivity contribution in [1.29, 1.82) is 0 Å². The van der Waals surface area contributed by atoms with E-state index >= 15 is 0 Å². The summed E-state index contributed by atoms with van der Waals surface area (Å²) in [4.78, 5) is 32.6. The summed E-state index contributed by atoms with van der Waals surface area (Å²) in [6.45, 7) is 3.38. The van der Waals surface area contributed by atoms with Gasteiger partial charge in [0.1, 0.15) is 0 Å². The molecule has 0 bridgehead atoms. The number of aliphatic hydroxyl groups is 1. The van der Waals surface area contributed by atoms with Gasteiger partial charge in [-0.05, 0) is 18.0 Å². The van der Waals surface area contributed by atoms with Crippen molar-refractivity contribution in [2.75, 3.05) is 0 Å². The molecule has 0 aliphatic carbocycles. The zero-order chi connectivity index (χ0) is 20.5. The lowest BCUT2D eigenvalue weighted by Gasteiger charge is -2.16. The van der Waals surface area contributed by atoms with E-state index in [0.29, 0.717) is 6.42 Å².